The average molecular weight is 411 g/mol. The molecule has 2 saturated carbocycles. The summed E-state index contributed by atoms with van der Waals surface area (Å²) in [5.74, 6) is -2.08. The maximum Gasteiger partial charge on any atom is 0.221 e. The molecule has 0 aromatic heterocycles. The van der Waals surface area contributed by atoms with E-state index in [1.54, 1.807) is 0 Å². The zero-order chi connectivity index (χ0) is 22.1. The lowest BCUT2D eigenvalue weighted by atomic mass is 9.47. The van der Waals surface area contributed by atoms with E-state index in [-0.39, 0.29) is 24.2 Å². The predicted molar refractivity (Wildman–Crippen MR) is 107 cm³/mol. The van der Waals surface area contributed by atoms with Crippen molar-refractivity contribution in [1.82, 2.24) is 0 Å². The second-order valence-corrected chi connectivity index (χ2v) is 9.53. The largest absolute Gasteiger partial charge is 0.388 e. The van der Waals surface area contributed by atoms with Crippen molar-refractivity contribution >= 4 is 17.3 Å². The molecule has 0 radical (unpaired) electrons. The zero-order valence-corrected chi connectivity index (χ0v) is 17.1. The van der Waals surface area contributed by atoms with Gasteiger partial charge in [0, 0.05) is 27.9 Å². The molecular formula is C22H25N3O5. The number of fused-ring (bicyclic) bond motifs is 5. The van der Waals surface area contributed by atoms with Gasteiger partial charge in [-0.05, 0) is 59.8 Å². The Hall–Kier alpha value is -2.54. The molecule has 4 aliphatic rings. The van der Waals surface area contributed by atoms with Crippen LogP contribution in [-0.4, -0.2) is 39.8 Å². The van der Waals surface area contributed by atoms with Crippen molar-refractivity contribution in [1.29, 1.82) is 0 Å². The molecule has 0 amide bonds. The molecule has 30 heavy (non-hydrogen) atoms. The third kappa shape index (κ3) is 2.35. The Bertz CT molecular complexity index is 1010. The second-order valence-electron chi connectivity index (χ2n) is 9.53. The first-order valence-electron chi connectivity index (χ1n) is 10.2. The van der Waals surface area contributed by atoms with Gasteiger partial charge in [0.1, 0.15) is 6.61 Å². The number of allylic oxidation sites excluding steroid dienone is 3. The van der Waals surface area contributed by atoms with Gasteiger partial charge >= 0.3 is 0 Å². The first kappa shape index (κ1) is 20.7. The number of Topliss-reactive ketones (excluding diaryl/α,β-unsaturated/α-hetero) is 2. The van der Waals surface area contributed by atoms with Gasteiger partial charge in [-0.15, -0.1) is 0 Å². The third-order valence-corrected chi connectivity index (χ3v) is 8.36. The van der Waals surface area contributed by atoms with E-state index in [2.05, 4.69) is 16.6 Å². The number of aliphatic hydroxyl groups is 2. The lowest BCUT2D eigenvalue weighted by Gasteiger charge is -2.57. The number of rotatable bonds is 3. The number of hydrogen-bond acceptors (Lipinski definition) is 6. The first-order valence-corrected chi connectivity index (χ1v) is 10.2. The highest BCUT2D eigenvalue weighted by Gasteiger charge is 2.67. The van der Waals surface area contributed by atoms with Crippen LogP contribution in [0.15, 0.2) is 40.7 Å². The molecule has 4 rings (SSSR count). The quantitative estimate of drug-likeness (QED) is 0.241. The lowest BCUT2D eigenvalue weighted by molar-refractivity contribution is -0.156. The SMILES string of the molecule is C=C1C[C@H]2[C@@H]3C=C(N=[N+]=[N-])C4=CC(=O)C(=O)C[C@]4(C)[C@H]3CC[C@]2(C)[C@@]1(O)C(=O)CO. The van der Waals surface area contributed by atoms with Gasteiger partial charge in [0.2, 0.25) is 11.6 Å². The van der Waals surface area contributed by atoms with Gasteiger partial charge in [-0.3, -0.25) is 14.4 Å². The van der Waals surface area contributed by atoms with Crippen LogP contribution in [0.5, 0.6) is 0 Å². The summed E-state index contributed by atoms with van der Waals surface area (Å²) in [4.78, 5) is 39.9. The summed E-state index contributed by atoms with van der Waals surface area (Å²) in [5.41, 5.74) is 7.07. The molecule has 158 valence electrons. The first-order chi connectivity index (χ1) is 14.0. The number of nitrogens with zero attached hydrogens (tertiary/aromatic N) is 3. The number of azide groups is 1. The highest BCUT2D eigenvalue weighted by atomic mass is 16.3. The summed E-state index contributed by atoms with van der Waals surface area (Å²) in [7, 11) is 0. The van der Waals surface area contributed by atoms with Crippen molar-refractivity contribution in [3.8, 4) is 0 Å². The monoisotopic (exact) mass is 411 g/mol. The van der Waals surface area contributed by atoms with Gasteiger partial charge in [0.15, 0.2) is 11.4 Å². The van der Waals surface area contributed by atoms with Crippen LogP contribution in [0.25, 0.3) is 10.4 Å². The molecule has 0 saturated heterocycles. The zero-order valence-electron chi connectivity index (χ0n) is 17.1. The Morgan fingerprint density at radius 2 is 2.07 bits per heavy atom. The van der Waals surface area contributed by atoms with Crippen LogP contribution in [0.3, 0.4) is 0 Å². The Kier molecular flexibility index (Phi) is 4.47. The van der Waals surface area contributed by atoms with Crippen LogP contribution in [0.4, 0.5) is 0 Å². The molecule has 8 heteroatoms. The molecule has 0 spiro atoms. The highest BCUT2D eigenvalue weighted by Crippen LogP contribution is 2.67. The average Bonchev–Trinajstić information content (AvgIpc) is 2.91. The molecule has 0 aromatic carbocycles. The number of carbonyl (C=O) groups is 3. The van der Waals surface area contributed by atoms with E-state index in [0.717, 1.165) is 0 Å². The van der Waals surface area contributed by atoms with Crippen LogP contribution in [0, 0.1) is 28.6 Å². The molecule has 2 N–H and O–H groups in total. The molecule has 0 aromatic rings. The fourth-order valence-corrected chi connectivity index (χ4v) is 6.77. The van der Waals surface area contributed by atoms with E-state index in [1.165, 1.54) is 6.08 Å². The lowest BCUT2D eigenvalue weighted by Crippen LogP contribution is -2.58. The molecular weight excluding hydrogens is 386 g/mol. The maximum absolute atomic E-state index is 12.6. The highest BCUT2D eigenvalue weighted by molar-refractivity contribution is 6.42. The molecule has 4 aliphatic carbocycles. The fourth-order valence-electron chi connectivity index (χ4n) is 6.77. The van der Waals surface area contributed by atoms with Crippen LogP contribution in [0.1, 0.15) is 39.5 Å². The smallest absolute Gasteiger partial charge is 0.221 e. The van der Waals surface area contributed by atoms with Crippen molar-refractivity contribution in [3.63, 3.8) is 0 Å². The number of carbonyl (C=O) groups excluding carboxylic acids is 3. The van der Waals surface area contributed by atoms with E-state index in [4.69, 9.17) is 5.53 Å². The standard InChI is InChI=1S/C22H25N3O5/c1-11-6-14-12-7-16(24-25-23)15-8-17(27)18(28)9-20(15,2)13(12)4-5-21(14,3)22(11,30)19(29)10-26/h7-8,12-14,26,30H,1,4-6,9-10H2,2-3H3/t12-,13+,14+,20-,21+,22+/m1/s1. The van der Waals surface area contributed by atoms with E-state index in [1.807, 2.05) is 19.9 Å². The molecule has 0 heterocycles. The molecule has 0 aliphatic heterocycles. The summed E-state index contributed by atoms with van der Waals surface area (Å²) in [5, 5.41) is 24.7. The third-order valence-electron chi connectivity index (χ3n) is 8.36. The van der Waals surface area contributed by atoms with E-state index >= 15 is 0 Å². The Balaban J connectivity index is 1.89. The predicted octanol–water partition coefficient (Wildman–Crippen LogP) is 2.57. The van der Waals surface area contributed by atoms with Gasteiger partial charge in [-0.2, -0.15) is 0 Å². The van der Waals surface area contributed by atoms with E-state index in [0.29, 0.717) is 36.1 Å². The molecule has 2 fully saturated rings. The minimum absolute atomic E-state index is 0.0177. The summed E-state index contributed by atoms with van der Waals surface area (Å²) in [6.07, 6.45) is 4.70. The van der Waals surface area contributed by atoms with Gasteiger partial charge in [-0.25, -0.2) is 0 Å². The summed E-state index contributed by atoms with van der Waals surface area (Å²) >= 11 is 0. The summed E-state index contributed by atoms with van der Waals surface area (Å²) in [6.45, 7) is 6.97. The minimum Gasteiger partial charge on any atom is -0.388 e. The van der Waals surface area contributed by atoms with E-state index < -0.39 is 40.4 Å². The maximum atomic E-state index is 12.6. The van der Waals surface area contributed by atoms with Crippen molar-refractivity contribution in [2.45, 2.75) is 45.1 Å². The molecule has 0 bridgehead atoms. The number of aliphatic hydroxyl groups excluding tert-OH is 1. The van der Waals surface area contributed by atoms with Crippen LogP contribution >= 0.6 is 0 Å². The molecule has 8 nitrogen and oxygen atoms in total. The Morgan fingerprint density at radius 1 is 1.37 bits per heavy atom. The molecule has 0 unspecified atom stereocenters. The van der Waals surface area contributed by atoms with E-state index in [9.17, 15) is 24.6 Å². The van der Waals surface area contributed by atoms with Crippen molar-refractivity contribution in [3.05, 3.63) is 46.0 Å². The Morgan fingerprint density at radius 3 is 2.70 bits per heavy atom. The van der Waals surface area contributed by atoms with Crippen molar-refractivity contribution in [2.24, 2.45) is 33.7 Å². The minimum atomic E-state index is -1.82. The number of ketones is 3. The normalized spacial score (nSPS) is 42.4. The summed E-state index contributed by atoms with van der Waals surface area (Å²) < 4.78 is 0. The summed E-state index contributed by atoms with van der Waals surface area (Å²) in [6, 6.07) is 0. The van der Waals surface area contributed by atoms with Crippen LogP contribution in [-0.2, 0) is 14.4 Å². The van der Waals surface area contributed by atoms with Gasteiger partial charge < -0.3 is 10.2 Å². The van der Waals surface area contributed by atoms with Crippen molar-refractivity contribution < 1.29 is 24.6 Å². The van der Waals surface area contributed by atoms with Gasteiger partial charge in [0.25, 0.3) is 0 Å². The van der Waals surface area contributed by atoms with Gasteiger partial charge in [0.05, 0.1) is 0 Å². The van der Waals surface area contributed by atoms with Crippen LogP contribution in [0.2, 0.25) is 0 Å². The second kappa shape index (κ2) is 6.48. The van der Waals surface area contributed by atoms with Crippen LogP contribution < -0.4 is 0 Å². The topological polar surface area (TPSA) is 140 Å². The van der Waals surface area contributed by atoms with Crippen molar-refractivity contribution in [2.75, 3.05) is 6.61 Å². The number of hydrogen-bond donors (Lipinski definition) is 2. The molecule has 6 atom stereocenters. The fraction of sp³-hybridized carbons (Fsp3) is 0.591. The Labute approximate surface area is 174 Å². The van der Waals surface area contributed by atoms with Gasteiger partial charge in [-0.1, -0.05) is 31.6 Å².